The first-order chi connectivity index (χ1) is 11.7. The van der Waals surface area contributed by atoms with Crippen LogP contribution in [0.2, 0.25) is 0 Å². The van der Waals surface area contributed by atoms with Crippen LogP contribution in [0.5, 0.6) is 0 Å². The zero-order valence-electron chi connectivity index (χ0n) is 15.6. The Bertz CT molecular complexity index is 631. The van der Waals surface area contributed by atoms with Crippen LogP contribution in [0.25, 0.3) is 0 Å². The minimum atomic E-state index is 0.0636. The van der Waals surface area contributed by atoms with Crippen molar-refractivity contribution in [1.29, 1.82) is 5.26 Å². The van der Waals surface area contributed by atoms with E-state index < -0.39 is 0 Å². The number of nitriles is 1. The van der Waals surface area contributed by atoms with Gasteiger partial charge < -0.3 is 9.80 Å². The smallest absolute Gasteiger partial charge is 0.140 e. The molecule has 0 N–H and O–H groups in total. The number of nitrogens with zero attached hydrogens (tertiary/aromatic N) is 5. The summed E-state index contributed by atoms with van der Waals surface area (Å²) in [7, 11) is 0. The predicted octanol–water partition coefficient (Wildman–Crippen LogP) is 3.79. The summed E-state index contributed by atoms with van der Waals surface area (Å²) in [5, 5.41) is 9.15. The summed E-state index contributed by atoms with van der Waals surface area (Å²) < 4.78 is 0. The first kappa shape index (κ1) is 19.5. The molecule has 5 nitrogen and oxygen atoms in total. The van der Waals surface area contributed by atoms with Gasteiger partial charge in [-0.05, 0) is 31.4 Å². The van der Waals surface area contributed by atoms with E-state index in [1.807, 2.05) is 6.07 Å². The molecular formula is C19H28ClN5. The topological polar surface area (TPSA) is 55.0 Å². The molecule has 0 radical (unpaired) electrons. The second kappa shape index (κ2) is 7.61. The molecule has 0 aromatic carbocycles. The molecule has 25 heavy (non-hydrogen) atoms. The van der Waals surface area contributed by atoms with Gasteiger partial charge in [0.25, 0.3) is 0 Å². The van der Waals surface area contributed by atoms with E-state index in [-0.39, 0.29) is 22.7 Å². The Morgan fingerprint density at radius 1 is 1.36 bits per heavy atom. The SMILES string of the molecule is C=N/C(=C\C(C#N)=NCCl)N1CCN(C(=C)CC(C)(C)C)C2(CC2)C1. The first-order valence-corrected chi connectivity index (χ1v) is 9.17. The Morgan fingerprint density at radius 3 is 2.52 bits per heavy atom. The molecular weight excluding hydrogens is 334 g/mol. The summed E-state index contributed by atoms with van der Waals surface area (Å²) in [6, 6.07) is 2.11. The summed E-state index contributed by atoms with van der Waals surface area (Å²) in [5.74, 6) is 0.692. The third-order valence-electron chi connectivity index (χ3n) is 4.69. The minimum Gasteiger partial charge on any atom is -0.366 e. The fourth-order valence-electron chi connectivity index (χ4n) is 3.48. The van der Waals surface area contributed by atoms with Gasteiger partial charge >= 0.3 is 0 Å². The van der Waals surface area contributed by atoms with Gasteiger partial charge in [-0.2, -0.15) is 5.26 Å². The highest BCUT2D eigenvalue weighted by atomic mass is 35.5. The van der Waals surface area contributed by atoms with Crippen LogP contribution in [-0.2, 0) is 0 Å². The maximum absolute atomic E-state index is 9.15. The quantitative estimate of drug-likeness (QED) is 0.411. The summed E-state index contributed by atoms with van der Waals surface area (Å²) >= 11 is 5.61. The van der Waals surface area contributed by atoms with Gasteiger partial charge in [0.2, 0.25) is 0 Å². The fourth-order valence-corrected chi connectivity index (χ4v) is 3.61. The van der Waals surface area contributed by atoms with Crippen molar-refractivity contribution in [2.75, 3.05) is 25.6 Å². The van der Waals surface area contributed by atoms with Gasteiger partial charge in [0.15, 0.2) is 0 Å². The molecule has 1 aliphatic carbocycles. The van der Waals surface area contributed by atoms with Crippen LogP contribution < -0.4 is 0 Å². The van der Waals surface area contributed by atoms with Crippen molar-refractivity contribution in [3.05, 3.63) is 24.2 Å². The molecule has 0 aromatic rings. The van der Waals surface area contributed by atoms with Crippen molar-refractivity contribution in [3.63, 3.8) is 0 Å². The summed E-state index contributed by atoms with van der Waals surface area (Å²) in [4.78, 5) is 12.8. The number of allylic oxidation sites excluding steroid dienone is 2. The number of halogens is 1. The van der Waals surface area contributed by atoms with E-state index in [2.05, 4.69) is 53.9 Å². The maximum atomic E-state index is 9.15. The Balaban J connectivity index is 2.13. The van der Waals surface area contributed by atoms with Crippen LogP contribution in [0.3, 0.4) is 0 Å². The maximum Gasteiger partial charge on any atom is 0.140 e. The number of aliphatic imine (C=N–C) groups is 2. The lowest BCUT2D eigenvalue weighted by molar-refractivity contribution is 0.0999. The molecule has 1 spiro atoms. The predicted molar refractivity (Wildman–Crippen MR) is 105 cm³/mol. The molecule has 0 amide bonds. The number of hydrogen-bond acceptors (Lipinski definition) is 5. The molecule has 2 fully saturated rings. The van der Waals surface area contributed by atoms with Crippen molar-refractivity contribution >= 4 is 24.0 Å². The Hall–Kier alpha value is -1.80. The number of piperazine rings is 1. The second-order valence-electron chi connectivity index (χ2n) is 8.04. The highest BCUT2D eigenvalue weighted by Gasteiger charge is 2.52. The van der Waals surface area contributed by atoms with Gasteiger partial charge in [-0.1, -0.05) is 27.4 Å². The Labute approximate surface area is 156 Å². The fraction of sp³-hybridized carbons (Fsp3) is 0.632. The molecule has 1 saturated carbocycles. The van der Waals surface area contributed by atoms with Gasteiger partial charge in [0.05, 0.1) is 5.54 Å². The van der Waals surface area contributed by atoms with Crippen LogP contribution in [0.15, 0.2) is 34.2 Å². The number of alkyl halides is 1. The molecule has 0 aromatic heterocycles. The van der Waals surface area contributed by atoms with Crippen LogP contribution in [0.4, 0.5) is 0 Å². The monoisotopic (exact) mass is 361 g/mol. The molecule has 136 valence electrons. The molecule has 6 heteroatoms. The molecule has 0 unspecified atom stereocenters. The van der Waals surface area contributed by atoms with Crippen molar-refractivity contribution in [3.8, 4) is 6.07 Å². The summed E-state index contributed by atoms with van der Waals surface area (Å²) in [5.41, 5.74) is 1.89. The van der Waals surface area contributed by atoms with Gasteiger partial charge in [-0.15, -0.1) is 11.6 Å². The lowest BCUT2D eigenvalue weighted by Gasteiger charge is -2.46. The molecule has 2 aliphatic rings. The number of rotatable bonds is 6. The average Bonchev–Trinajstić information content (AvgIpc) is 3.29. The Kier molecular flexibility index (Phi) is 5.95. The van der Waals surface area contributed by atoms with Crippen molar-refractivity contribution in [1.82, 2.24) is 9.80 Å². The normalized spacial score (nSPS) is 20.4. The second-order valence-corrected chi connectivity index (χ2v) is 8.28. The zero-order valence-corrected chi connectivity index (χ0v) is 16.3. The highest BCUT2D eigenvalue weighted by Crippen LogP contribution is 2.47. The van der Waals surface area contributed by atoms with Crippen molar-refractivity contribution in [2.24, 2.45) is 15.4 Å². The van der Waals surface area contributed by atoms with E-state index in [0.717, 1.165) is 38.9 Å². The number of hydrogen-bond donors (Lipinski definition) is 0. The third-order valence-corrected chi connectivity index (χ3v) is 4.81. The van der Waals surface area contributed by atoms with Crippen molar-refractivity contribution < 1.29 is 0 Å². The lowest BCUT2D eigenvalue weighted by Crippen LogP contribution is -2.53. The van der Waals surface area contributed by atoms with Gasteiger partial charge in [0.1, 0.15) is 23.6 Å². The van der Waals surface area contributed by atoms with Crippen LogP contribution in [0, 0.1) is 16.7 Å². The zero-order chi connectivity index (χ0) is 18.7. The third kappa shape index (κ3) is 4.85. The highest BCUT2D eigenvalue weighted by molar-refractivity contribution is 6.19. The molecule has 2 rings (SSSR count). The van der Waals surface area contributed by atoms with Crippen LogP contribution in [0.1, 0.15) is 40.0 Å². The standard InChI is InChI=1S/C19H28ClN5/c1-15(11-18(2,3)4)25-9-8-24(13-19(25)6-7-19)17(22-5)10-16(12-21)23-14-20/h10H,1,5-9,11,13-14H2,2-4H3/b17-10+,23-16?. The first-order valence-electron chi connectivity index (χ1n) is 8.64. The Morgan fingerprint density at radius 2 is 2.04 bits per heavy atom. The molecule has 1 aliphatic heterocycles. The summed E-state index contributed by atoms with van der Waals surface area (Å²) in [6.07, 6.45) is 5.00. The van der Waals surface area contributed by atoms with E-state index in [4.69, 9.17) is 16.9 Å². The average molecular weight is 362 g/mol. The van der Waals surface area contributed by atoms with Crippen LogP contribution >= 0.6 is 11.6 Å². The minimum absolute atomic E-state index is 0.0636. The molecule has 1 saturated heterocycles. The largest absolute Gasteiger partial charge is 0.366 e. The van der Waals surface area contributed by atoms with E-state index in [1.165, 1.54) is 5.70 Å². The van der Waals surface area contributed by atoms with Gasteiger partial charge in [-0.25, -0.2) is 4.99 Å². The van der Waals surface area contributed by atoms with E-state index in [1.54, 1.807) is 6.08 Å². The lowest BCUT2D eigenvalue weighted by atomic mass is 9.89. The van der Waals surface area contributed by atoms with Gasteiger partial charge in [-0.3, -0.25) is 4.99 Å². The van der Waals surface area contributed by atoms with E-state index >= 15 is 0 Å². The van der Waals surface area contributed by atoms with E-state index in [9.17, 15) is 0 Å². The van der Waals surface area contributed by atoms with E-state index in [0.29, 0.717) is 5.82 Å². The van der Waals surface area contributed by atoms with Crippen molar-refractivity contribution in [2.45, 2.75) is 45.6 Å². The molecule has 0 bridgehead atoms. The van der Waals surface area contributed by atoms with Gasteiger partial charge in [0, 0.05) is 31.4 Å². The summed E-state index contributed by atoms with van der Waals surface area (Å²) in [6.45, 7) is 17.4. The molecule has 1 heterocycles. The molecule has 0 atom stereocenters. The van der Waals surface area contributed by atoms with Crippen LogP contribution in [-0.4, -0.2) is 53.4 Å².